The summed E-state index contributed by atoms with van der Waals surface area (Å²) < 4.78 is 67.2. The van der Waals surface area contributed by atoms with Crippen molar-refractivity contribution in [3.63, 3.8) is 0 Å². The third-order valence-corrected chi connectivity index (χ3v) is 14.3. The second kappa shape index (κ2) is 18.6. The maximum absolute atomic E-state index is 13.5. The zero-order valence-corrected chi connectivity index (χ0v) is 37.4. The Morgan fingerprint density at radius 2 is 1.20 bits per heavy atom. The molecule has 3 saturated heterocycles. The molecular formula is C38H50Cl2N8O11S2. The van der Waals surface area contributed by atoms with Crippen molar-refractivity contribution >= 4 is 61.2 Å². The molecule has 61 heavy (non-hydrogen) atoms. The van der Waals surface area contributed by atoms with Crippen molar-refractivity contribution in [2.75, 3.05) is 26.2 Å². The first kappa shape index (κ1) is 47.7. The largest absolute Gasteiger partial charge is 0.515 e. The number of piperazine rings is 2. The van der Waals surface area contributed by atoms with Crippen molar-refractivity contribution in [3.05, 3.63) is 87.9 Å². The molecule has 4 bridgehead atoms. The van der Waals surface area contributed by atoms with E-state index in [-0.39, 0.29) is 53.7 Å². The molecule has 23 heteroatoms. The first-order valence-electron chi connectivity index (χ1n) is 18.9. The Balaban J connectivity index is 0.000000217. The van der Waals surface area contributed by atoms with Gasteiger partial charge in [-0.2, -0.15) is 13.7 Å². The third kappa shape index (κ3) is 10.8. The van der Waals surface area contributed by atoms with Crippen LogP contribution in [0.25, 0.3) is 0 Å². The van der Waals surface area contributed by atoms with Gasteiger partial charge in [0.25, 0.3) is 0 Å². The van der Waals surface area contributed by atoms with Gasteiger partial charge < -0.3 is 29.6 Å². The van der Waals surface area contributed by atoms with Crippen LogP contribution in [-0.2, 0) is 40.7 Å². The number of hydrogen-bond acceptors (Lipinski definition) is 14. The Labute approximate surface area is 364 Å². The fraction of sp³-hybridized carbons (Fsp3) is 0.474. The number of sulfonamides is 2. The van der Waals surface area contributed by atoms with E-state index in [1.54, 1.807) is 64.8 Å². The second-order valence-electron chi connectivity index (χ2n) is 16.5. The van der Waals surface area contributed by atoms with Crippen LogP contribution in [0.5, 0.6) is 0 Å². The number of ketones is 1. The van der Waals surface area contributed by atoms with Crippen molar-refractivity contribution in [2.45, 2.75) is 99.5 Å². The summed E-state index contributed by atoms with van der Waals surface area (Å²) in [6, 6.07) is 9.10. The summed E-state index contributed by atoms with van der Waals surface area (Å²) in [6.07, 6.45) is 1.53. The minimum absolute atomic E-state index is 0.0165. The number of nitrogens with one attached hydrogen (secondary N) is 2. The molecule has 5 heterocycles. The van der Waals surface area contributed by atoms with Gasteiger partial charge in [0.15, 0.2) is 5.78 Å². The smallest absolute Gasteiger partial charge is 0.410 e. The molecule has 1 aromatic heterocycles. The van der Waals surface area contributed by atoms with E-state index in [1.807, 2.05) is 0 Å². The van der Waals surface area contributed by atoms with E-state index in [0.717, 1.165) is 11.3 Å². The van der Waals surface area contributed by atoms with Crippen LogP contribution in [0.1, 0.15) is 65.3 Å². The van der Waals surface area contributed by atoms with Crippen LogP contribution in [-0.4, -0.2) is 129 Å². The first-order valence-corrected chi connectivity index (χ1v) is 22.6. The number of aliphatic hydroxyl groups is 1. The van der Waals surface area contributed by atoms with Gasteiger partial charge in [0.05, 0.1) is 40.4 Å². The number of carbonyl (C=O) groups is 3. The number of aromatic nitrogens is 2. The number of halogens is 2. The van der Waals surface area contributed by atoms with Gasteiger partial charge >= 0.3 is 12.2 Å². The Kier molecular flexibility index (Phi) is 14.5. The number of hydrogen-bond donors (Lipinski definition) is 5. The van der Waals surface area contributed by atoms with Gasteiger partial charge in [-0.15, -0.1) is 5.59 Å². The maximum atomic E-state index is 13.5. The Morgan fingerprint density at radius 3 is 1.62 bits per heavy atom. The predicted molar refractivity (Wildman–Crippen MR) is 222 cm³/mol. The zero-order chi connectivity index (χ0) is 45.2. The fourth-order valence-electron chi connectivity index (χ4n) is 7.51. The highest BCUT2D eigenvalue weighted by atomic mass is 35.5. The molecule has 4 atom stereocenters. The number of piperidine rings is 1. The normalized spacial score (nSPS) is 22.6. The monoisotopic (exact) mass is 928 g/mol. The first-order chi connectivity index (χ1) is 28.4. The molecule has 19 nitrogen and oxygen atoms in total. The zero-order valence-electron chi connectivity index (χ0n) is 34.3. The van der Waals surface area contributed by atoms with E-state index in [2.05, 4.69) is 16.0 Å². The summed E-state index contributed by atoms with van der Waals surface area (Å²) in [5, 5.41) is 24.6. The summed E-state index contributed by atoms with van der Waals surface area (Å²) >= 11 is 11.8. The molecule has 0 saturated carbocycles. The van der Waals surface area contributed by atoms with Crippen molar-refractivity contribution in [3.8, 4) is 0 Å². The van der Waals surface area contributed by atoms with Crippen molar-refractivity contribution in [1.29, 1.82) is 0 Å². The lowest BCUT2D eigenvalue weighted by molar-refractivity contribution is -0.120. The standard InChI is InChI=1S/C19H23ClN4O4S.C19H23ClN2O6S.H4N2O/c1-19(2,3)28-18(25)23-10-13-8-16-15(9-21-22-16)17(11-23)24(13)29(26,27)14-6-4-12(20)5-7-14;1-19(2,3)28-18(25)21-9-13-8-17(24)15(11-23)16(10-21)22(13)29(26,27)14-6-4-12(20)5-7-14;1-2-3/h4-7,9,13,17H,8,10-11H2,1-3H3,(H,21,22);4-7,11,13,16,23H,8-10H2,1-3H3;2-3H,1H2/b;15-11-;. The van der Waals surface area contributed by atoms with Gasteiger partial charge in [-0.1, -0.05) is 23.2 Å². The van der Waals surface area contributed by atoms with Crippen LogP contribution in [0.4, 0.5) is 9.59 Å². The highest BCUT2D eigenvalue weighted by Crippen LogP contribution is 2.41. The van der Waals surface area contributed by atoms with E-state index in [0.29, 0.717) is 22.7 Å². The number of aromatic amines is 1. The topological polar surface area (TPSA) is 258 Å². The lowest BCUT2D eigenvalue weighted by atomic mass is 9.89. The number of hydrazine groups is 1. The predicted octanol–water partition coefficient (Wildman–Crippen LogP) is 4.54. The summed E-state index contributed by atoms with van der Waals surface area (Å²) in [7, 11) is -7.79. The Morgan fingerprint density at radius 1 is 0.787 bits per heavy atom. The minimum atomic E-state index is -4.00. The minimum Gasteiger partial charge on any atom is -0.515 e. The second-order valence-corrected chi connectivity index (χ2v) is 21.1. The molecule has 4 aliphatic rings. The summed E-state index contributed by atoms with van der Waals surface area (Å²) in [4.78, 5) is 40.8. The molecule has 2 amide bonds. The molecule has 4 unspecified atom stereocenters. The molecule has 0 aliphatic carbocycles. The maximum Gasteiger partial charge on any atom is 0.410 e. The number of fused-ring (bicyclic) bond motifs is 6. The Bertz CT molecular complexity index is 2330. The molecule has 3 aromatic rings. The van der Waals surface area contributed by atoms with Gasteiger partial charge in [-0.25, -0.2) is 32.3 Å². The van der Waals surface area contributed by atoms with Crippen LogP contribution < -0.4 is 11.4 Å². The fourth-order valence-corrected chi connectivity index (χ4v) is 11.3. The lowest BCUT2D eigenvalue weighted by Gasteiger charge is -2.48. The number of amides is 2. The van der Waals surface area contributed by atoms with Crippen LogP contribution in [0.15, 0.2) is 76.4 Å². The van der Waals surface area contributed by atoms with Gasteiger partial charge in [0, 0.05) is 71.9 Å². The molecule has 6 N–H and O–H groups in total. The summed E-state index contributed by atoms with van der Waals surface area (Å²) in [5.74, 6) is 3.81. The van der Waals surface area contributed by atoms with E-state index in [9.17, 15) is 36.3 Å². The highest BCUT2D eigenvalue weighted by Gasteiger charge is 2.52. The number of nitrogens with two attached hydrogens (primary N) is 1. The molecule has 334 valence electrons. The number of nitrogens with zero attached hydrogens (tertiary/aromatic N) is 5. The van der Waals surface area contributed by atoms with Crippen LogP contribution >= 0.6 is 23.2 Å². The number of Topliss-reactive ketones (excluding diaryl/α,β-unsaturated/α-hetero) is 1. The van der Waals surface area contributed by atoms with Gasteiger partial charge in [0.2, 0.25) is 20.0 Å². The molecule has 2 aromatic carbocycles. The number of benzene rings is 2. The highest BCUT2D eigenvalue weighted by molar-refractivity contribution is 7.89. The van der Waals surface area contributed by atoms with E-state index in [1.165, 1.54) is 55.5 Å². The van der Waals surface area contributed by atoms with Crippen LogP contribution in [0.3, 0.4) is 0 Å². The van der Waals surface area contributed by atoms with Crippen molar-refractivity contribution < 1.29 is 51.0 Å². The van der Waals surface area contributed by atoms with Gasteiger partial charge in [0.1, 0.15) is 11.2 Å². The van der Waals surface area contributed by atoms with Crippen molar-refractivity contribution in [2.24, 2.45) is 5.84 Å². The Hall–Kier alpha value is -4.32. The molecule has 3 fully saturated rings. The van der Waals surface area contributed by atoms with Crippen LogP contribution in [0, 0.1) is 0 Å². The van der Waals surface area contributed by atoms with Crippen molar-refractivity contribution in [1.82, 2.24) is 34.2 Å². The number of likely N-dealkylation sites (tertiary alicyclic amines) is 1. The lowest BCUT2D eigenvalue weighted by Crippen LogP contribution is -2.66. The van der Waals surface area contributed by atoms with Gasteiger partial charge in [-0.05, 0) is 90.1 Å². The number of rotatable bonds is 4. The average molecular weight is 930 g/mol. The summed E-state index contributed by atoms with van der Waals surface area (Å²) in [6.45, 7) is 11.0. The number of carbonyl (C=O) groups excluding carboxylic acids is 3. The number of ether oxygens (including phenoxy) is 2. The third-order valence-electron chi connectivity index (χ3n) is 9.86. The SMILES string of the molecule is CC(C)(C)OC(=O)N1CC2CC(=O)/C(=C\O)C(C1)N2S(=O)(=O)c1ccc(Cl)cc1.CC(C)(C)OC(=O)N1CC2Cc3[nH]ncc3C(C1)N2S(=O)(=O)c1ccc(Cl)cc1.NNO. The average Bonchev–Trinajstić information content (AvgIpc) is 3.62. The number of H-pyrrole nitrogens is 1. The summed E-state index contributed by atoms with van der Waals surface area (Å²) in [5.41, 5.74) is 1.55. The van der Waals surface area contributed by atoms with Gasteiger partial charge in [-0.3, -0.25) is 9.89 Å². The van der Waals surface area contributed by atoms with Crippen LogP contribution in [0.2, 0.25) is 10.0 Å². The molecule has 4 aliphatic heterocycles. The quantitative estimate of drug-likeness (QED) is 0.104. The van der Waals surface area contributed by atoms with E-state index in [4.69, 9.17) is 37.9 Å². The molecule has 0 spiro atoms. The molecule has 0 radical (unpaired) electrons. The molecular weight excluding hydrogens is 880 g/mol. The molecule has 7 rings (SSSR count). The van der Waals surface area contributed by atoms with E-state index < -0.39 is 67.6 Å². The number of aliphatic hydroxyl groups excluding tert-OH is 1. The van der Waals surface area contributed by atoms with E-state index >= 15 is 0 Å².